The van der Waals surface area contributed by atoms with E-state index in [2.05, 4.69) is 15.9 Å². The molecule has 0 aliphatic carbocycles. The Morgan fingerprint density at radius 2 is 1.84 bits per heavy atom. The standard InChI is InChI=1S/C12H16BrF2NO2S/c1-2-19(17,18)5-3-4-11(16)12-9(14)6-8(13)7-10(12)15/h6-7,11H,2-5,16H2,1H3. The van der Waals surface area contributed by atoms with Gasteiger partial charge in [-0.1, -0.05) is 22.9 Å². The second-order valence-electron chi connectivity index (χ2n) is 4.27. The first-order chi connectivity index (χ1) is 8.76. The summed E-state index contributed by atoms with van der Waals surface area (Å²) >= 11 is 2.98. The van der Waals surface area contributed by atoms with Crippen molar-refractivity contribution >= 4 is 25.8 Å². The maximum Gasteiger partial charge on any atom is 0.150 e. The van der Waals surface area contributed by atoms with Crippen LogP contribution >= 0.6 is 15.9 Å². The number of hydrogen-bond donors (Lipinski definition) is 1. The van der Waals surface area contributed by atoms with E-state index < -0.39 is 27.5 Å². The molecule has 0 saturated carbocycles. The Kier molecular flexibility index (Phi) is 5.88. The van der Waals surface area contributed by atoms with Gasteiger partial charge in [0.15, 0.2) is 0 Å². The van der Waals surface area contributed by atoms with Crippen molar-refractivity contribution in [1.29, 1.82) is 0 Å². The Morgan fingerprint density at radius 3 is 2.32 bits per heavy atom. The summed E-state index contributed by atoms with van der Waals surface area (Å²) in [5.74, 6) is -1.41. The van der Waals surface area contributed by atoms with E-state index in [-0.39, 0.29) is 29.9 Å². The summed E-state index contributed by atoms with van der Waals surface area (Å²) in [4.78, 5) is 0. The Bertz CT molecular complexity index is 526. The Morgan fingerprint density at radius 1 is 1.32 bits per heavy atom. The minimum absolute atomic E-state index is 0.0169. The number of halogens is 3. The van der Waals surface area contributed by atoms with Crippen molar-refractivity contribution in [2.24, 2.45) is 5.73 Å². The molecular formula is C12H16BrF2NO2S. The molecule has 108 valence electrons. The molecule has 2 N–H and O–H groups in total. The van der Waals surface area contributed by atoms with Crippen LogP contribution in [-0.4, -0.2) is 19.9 Å². The lowest BCUT2D eigenvalue weighted by molar-refractivity contribution is 0.508. The zero-order valence-corrected chi connectivity index (χ0v) is 12.9. The lowest BCUT2D eigenvalue weighted by Crippen LogP contribution is -2.17. The van der Waals surface area contributed by atoms with Gasteiger partial charge in [-0.2, -0.15) is 0 Å². The Balaban J connectivity index is 2.72. The molecule has 0 radical (unpaired) electrons. The normalized spacial score (nSPS) is 13.5. The first-order valence-corrected chi connectivity index (χ1v) is 8.48. The molecule has 1 aromatic carbocycles. The van der Waals surface area contributed by atoms with Crippen molar-refractivity contribution in [2.75, 3.05) is 11.5 Å². The third-order valence-corrected chi connectivity index (χ3v) is 5.07. The van der Waals surface area contributed by atoms with Crippen LogP contribution in [0.25, 0.3) is 0 Å². The van der Waals surface area contributed by atoms with Crippen LogP contribution in [0.2, 0.25) is 0 Å². The lowest BCUT2D eigenvalue weighted by atomic mass is 10.0. The number of benzene rings is 1. The third kappa shape index (κ3) is 4.81. The summed E-state index contributed by atoms with van der Waals surface area (Å²) in [5.41, 5.74) is 5.53. The van der Waals surface area contributed by atoms with E-state index in [0.717, 1.165) is 12.1 Å². The molecule has 1 unspecified atom stereocenters. The zero-order chi connectivity index (χ0) is 14.6. The van der Waals surface area contributed by atoms with Crippen molar-refractivity contribution in [1.82, 2.24) is 0 Å². The predicted octanol–water partition coefficient (Wildman–Crippen LogP) is 2.94. The minimum atomic E-state index is -3.07. The van der Waals surface area contributed by atoms with Crippen LogP contribution in [0.1, 0.15) is 31.4 Å². The fourth-order valence-corrected chi connectivity index (χ4v) is 3.02. The number of nitrogens with two attached hydrogens (primary N) is 1. The van der Waals surface area contributed by atoms with Gasteiger partial charge in [0.1, 0.15) is 21.5 Å². The molecule has 0 saturated heterocycles. The summed E-state index contributed by atoms with van der Waals surface area (Å²) in [5, 5.41) is 0. The monoisotopic (exact) mass is 355 g/mol. The highest BCUT2D eigenvalue weighted by molar-refractivity contribution is 9.10. The first-order valence-electron chi connectivity index (χ1n) is 5.87. The van der Waals surface area contributed by atoms with E-state index in [4.69, 9.17) is 5.73 Å². The van der Waals surface area contributed by atoms with Crippen LogP contribution in [0.4, 0.5) is 8.78 Å². The predicted molar refractivity (Wildman–Crippen MR) is 74.5 cm³/mol. The molecule has 1 rings (SSSR count). The van der Waals surface area contributed by atoms with Gasteiger partial charge < -0.3 is 5.73 Å². The van der Waals surface area contributed by atoms with E-state index in [1.165, 1.54) is 0 Å². The summed E-state index contributed by atoms with van der Waals surface area (Å²) in [6.45, 7) is 1.56. The number of hydrogen-bond acceptors (Lipinski definition) is 3. The van der Waals surface area contributed by atoms with E-state index in [1.807, 2.05) is 0 Å². The number of rotatable bonds is 6. The Hall–Kier alpha value is -0.530. The third-order valence-electron chi connectivity index (χ3n) is 2.82. The summed E-state index contributed by atoms with van der Waals surface area (Å²) < 4.78 is 50.1. The lowest BCUT2D eigenvalue weighted by Gasteiger charge is -2.14. The molecule has 0 aliphatic heterocycles. The van der Waals surface area contributed by atoms with E-state index in [1.54, 1.807) is 6.92 Å². The molecule has 1 atom stereocenters. The molecular weight excluding hydrogens is 340 g/mol. The quantitative estimate of drug-likeness (QED) is 0.853. The van der Waals surface area contributed by atoms with Crippen LogP contribution in [-0.2, 0) is 9.84 Å². The van der Waals surface area contributed by atoms with Gasteiger partial charge in [0.25, 0.3) is 0 Å². The fourth-order valence-electron chi connectivity index (χ4n) is 1.72. The van der Waals surface area contributed by atoms with Crippen molar-refractivity contribution in [2.45, 2.75) is 25.8 Å². The van der Waals surface area contributed by atoms with Gasteiger partial charge in [0.2, 0.25) is 0 Å². The molecule has 0 bridgehead atoms. The molecule has 0 spiro atoms. The van der Waals surface area contributed by atoms with Gasteiger partial charge in [-0.25, -0.2) is 17.2 Å². The van der Waals surface area contributed by atoms with Crippen molar-refractivity contribution in [3.63, 3.8) is 0 Å². The second kappa shape index (κ2) is 6.76. The SMILES string of the molecule is CCS(=O)(=O)CCCC(N)c1c(F)cc(Br)cc1F. The average Bonchev–Trinajstić information content (AvgIpc) is 2.27. The van der Waals surface area contributed by atoms with Crippen molar-refractivity contribution < 1.29 is 17.2 Å². The van der Waals surface area contributed by atoms with Gasteiger partial charge >= 0.3 is 0 Å². The fraction of sp³-hybridized carbons (Fsp3) is 0.500. The largest absolute Gasteiger partial charge is 0.324 e. The summed E-state index contributed by atoms with van der Waals surface area (Å²) in [6, 6.07) is 1.43. The van der Waals surface area contributed by atoms with E-state index in [0.29, 0.717) is 4.47 Å². The summed E-state index contributed by atoms with van der Waals surface area (Å²) in [6.07, 6.45) is 0.501. The van der Waals surface area contributed by atoms with Crippen molar-refractivity contribution in [3.05, 3.63) is 33.8 Å². The van der Waals surface area contributed by atoms with Gasteiger partial charge in [-0.05, 0) is 25.0 Å². The minimum Gasteiger partial charge on any atom is -0.324 e. The topological polar surface area (TPSA) is 60.2 Å². The molecule has 1 aromatic rings. The van der Waals surface area contributed by atoms with Gasteiger partial charge in [0.05, 0.1) is 5.75 Å². The highest BCUT2D eigenvalue weighted by Crippen LogP contribution is 2.26. The molecule has 19 heavy (non-hydrogen) atoms. The Labute approximate surface area is 120 Å². The maximum absolute atomic E-state index is 13.6. The molecule has 0 heterocycles. The average molecular weight is 356 g/mol. The van der Waals surface area contributed by atoms with Gasteiger partial charge in [0, 0.05) is 21.8 Å². The van der Waals surface area contributed by atoms with Gasteiger partial charge in [-0.15, -0.1) is 0 Å². The molecule has 0 fully saturated rings. The maximum atomic E-state index is 13.6. The van der Waals surface area contributed by atoms with E-state index in [9.17, 15) is 17.2 Å². The van der Waals surface area contributed by atoms with Crippen LogP contribution in [0.15, 0.2) is 16.6 Å². The summed E-state index contributed by atoms with van der Waals surface area (Å²) in [7, 11) is -3.07. The molecule has 7 heteroatoms. The molecule has 0 amide bonds. The van der Waals surface area contributed by atoms with Crippen molar-refractivity contribution in [3.8, 4) is 0 Å². The van der Waals surface area contributed by atoms with Gasteiger partial charge in [-0.3, -0.25) is 0 Å². The van der Waals surface area contributed by atoms with Crippen LogP contribution in [0.3, 0.4) is 0 Å². The second-order valence-corrected chi connectivity index (χ2v) is 7.66. The molecule has 0 aliphatic rings. The molecule has 3 nitrogen and oxygen atoms in total. The highest BCUT2D eigenvalue weighted by atomic mass is 79.9. The number of sulfone groups is 1. The van der Waals surface area contributed by atoms with Crippen LogP contribution in [0.5, 0.6) is 0 Å². The van der Waals surface area contributed by atoms with E-state index >= 15 is 0 Å². The van der Waals surface area contributed by atoms with Crippen LogP contribution in [0, 0.1) is 11.6 Å². The van der Waals surface area contributed by atoms with Crippen LogP contribution < -0.4 is 5.73 Å². The first kappa shape index (κ1) is 16.5. The molecule has 0 aromatic heterocycles. The highest BCUT2D eigenvalue weighted by Gasteiger charge is 2.18. The smallest absolute Gasteiger partial charge is 0.150 e. The zero-order valence-electron chi connectivity index (χ0n) is 10.5.